The zero-order valence-corrected chi connectivity index (χ0v) is 10.1. The van der Waals surface area contributed by atoms with Gasteiger partial charge in [-0.15, -0.1) is 0 Å². The highest BCUT2D eigenvalue weighted by Crippen LogP contribution is 2.19. The highest BCUT2D eigenvalue weighted by Gasteiger charge is 2.16. The fourth-order valence-corrected chi connectivity index (χ4v) is 1.47. The summed E-state index contributed by atoms with van der Waals surface area (Å²) in [6, 6.07) is 3.56. The molecule has 0 fully saturated rings. The van der Waals surface area contributed by atoms with E-state index < -0.39 is 17.7 Å². The van der Waals surface area contributed by atoms with Gasteiger partial charge in [0.1, 0.15) is 11.6 Å². The van der Waals surface area contributed by atoms with Crippen LogP contribution in [0.2, 0.25) is 0 Å². The Labute approximate surface area is 100 Å². The molecule has 0 spiro atoms. The molecular formula is C12H18F2N2O. The van der Waals surface area contributed by atoms with E-state index in [1.54, 1.807) is 0 Å². The van der Waals surface area contributed by atoms with Gasteiger partial charge in [-0.2, -0.15) is 0 Å². The number of rotatable bonds is 6. The lowest BCUT2D eigenvalue weighted by Gasteiger charge is -2.15. The van der Waals surface area contributed by atoms with E-state index in [2.05, 4.69) is 5.32 Å². The average Bonchev–Trinajstić information content (AvgIpc) is 2.24. The molecule has 17 heavy (non-hydrogen) atoms. The van der Waals surface area contributed by atoms with Gasteiger partial charge in [0.25, 0.3) is 0 Å². The molecule has 1 rings (SSSR count). The molecule has 0 amide bonds. The summed E-state index contributed by atoms with van der Waals surface area (Å²) in [5.41, 5.74) is -0.273. The maximum atomic E-state index is 13.3. The van der Waals surface area contributed by atoms with Crippen LogP contribution in [0.4, 0.5) is 8.78 Å². The topological polar surface area (TPSA) is 35.5 Å². The second-order valence-electron chi connectivity index (χ2n) is 4.16. The van der Waals surface area contributed by atoms with Crippen molar-refractivity contribution in [3.8, 4) is 0 Å². The van der Waals surface area contributed by atoms with Crippen LogP contribution in [0.1, 0.15) is 11.7 Å². The number of halogens is 2. The van der Waals surface area contributed by atoms with Crippen molar-refractivity contribution in [1.82, 2.24) is 10.2 Å². The van der Waals surface area contributed by atoms with Crippen molar-refractivity contribution in [1.29, 1.82) is 0 Å². The Hall–Kier alpha value is -1.04. The Morgan fingerprint density at radius 1 is 1.29 bits per heavy atom. The summed E-state index contributed by atoms with van der Waals surface area (Å²) < 4.78 is 26.6. The first-order valence-electron chi connectivity index (χ1n) is 5.49. The lowest BCUT2D eigenvalue weighted by Crippen LogP contribution is -2.30. The van der Waals surface area contributed by atoms with Gasteiger partial charge in [-0.3, -0.25) is 0 Å². The summed E-state index contributed by atoms with van der Waals surface area (Å²) in [5.74, 6) is -1.43. The van der Waals surface area contributed by atoms with E-state index in [4.69, 9.17) is 0 Å². The molecule has 3 nitrogen and oxygen atoms in total. The Kier molecular flexibility index (Phi) is 5.47. The molecule has 0 saturated carbocycles. The van der Waals surface area contributed by atoms with Crippen molar-refractivity contribution >= 4 is 0 Å². The molecule has 1 atom stereocenters. The summed E-state index contributed by atoms with van der Waals surface area (Å²) in [7, 11) is 3.85. The molecule has 0 aromatic heterocycles. The lowest BCUT2D eigenvalue weighted by atomic mass is 10.1. The van der Waals surface area contributed by atoms with Crippen LogP contribution in [0, 0.1) is 11.6 Å². The van der Waals surface area contributed by atoms with Crippen LogP contribution < -0.4 is 5.32 Å². The first-order chi connectivity index (χ1) is 8.02. The van der Waals surface area contributed by atoms with Crippen molar-refractivity contribution in [2.45, 2.75) is 6.10 Å². The van der Waals surface area contributed by atoms with E-state index in [0.29, 0.717) is 6.54 Å². The SMILES string of the molecule is CN(C)CCNCC(O)c1c(F)cccc1F. The Bertz CT molecular complexity index is 338. The largest absolute Gasteiger partial charge is 0.387 e. The van der Waals surface area contributed by atoms with Crippen LogP contribution in [0.15, 0.2) is 18.2 Å². The number of benzene rings is 1. The molecule has 1 aromatic rings. The number of likely N-dealkylation sites (N-methyl/N-ethyl adjacent to an activating group) is 1. The number of aliphatic hydroxyl groups excluding tert-OH is 1. The lowest BCUT2D eigenvalue weighted by molar-refractivity contribution is 0.164. The van der Waals surface area contributed by atoms with E-state index in [-0.39, 0.29) is 12.1 Å². The molecule has 0 aliphatic carbocycles. The third-order valence-electron chi connectivity index (χ3n) is 2.41. The Morgan fingerprint density at radius 2 is 1.88 bits per heavy atom. The second kappa shape index (κ2) is 6.64. The first kappa shape index (κ1) is 14.0. The van der Waals surface area contributed by atoms with E-state index in [0.717, 1.165) is 18.7 Å². The summed E-state index contributed by atoms with van der Waals surface area (Å²) in [4.78, 5) is 1.98. The average molecular weight is 244 g/mol. The van der Waals surface area contributed by atoms with Gasteiger partial charge in [-0.1, -0.05) is 6.07 Å². The van der Waals surface area contributed by atoms with Crippen molar-refractivity contribution in [3.05, 3.63) is 35.4 Å². The molecule has 0 heterocycles. The third-order valence-corrected chi connectivity index (χ3v) is 2.41. The van der Waals surface area contributed by atoms with E-state index in [1.807, 2.05) is 19.0 Å². The summed E-state index contributed by atoms with van der Waals surface area (Å²) in [6.07, 6.45) is -1.17. The minimum atomic E-state index is -1.17. The van der Waals surface area contributed by atoms with E-state index in [1.165, 1.54) is 6.07 Å². The quantitative estimate of drug-likeness (QED) is 0.737. The van der Waals surface area contributed by atoms with Gasteiger partial charge in [0.05, 0.1) is 11.7 Å². The molecule has 96 valence electrons. The maximum absolute atomic E-state index is 13.3. The molecule has 0 aliphatic rings. The second-order valence-corrected chi connectivity index (χ2v) is 4.16. The summed E-state index contributed by atoms with van der Waals surface area (Å²) >= 11 is 0. The number of aliphatic hydroxyl groups is 1. The zero-order valence-electron chi connectivity index (χ0n) is 10.1. The van der Waals surface area contributed by atoms with Crippen molar-refractivity contribution < 1.29 is 13.9 Å². The van der Waals surface area contributed by atoms with Crippen LogP contribution >= 0.6 is 0 Å². The molecule has 1 aromatic carbocycles. The van der Waals surface area contributed by atoms with Crippen molar-refractivity contribution in [3.63, 3.8) is 0 Å². The predicted molar refractivity (Wildman–Crippen MR) is 62.7 cm³/mol. The van der Waals surface area contributed by atoms with E-state index in [9.17, 15) is 13.9 Å². The maximum Gasteiger partial charge on any atom is 0.131 e. The van der Waals surface area contributed by atoms with Crippen molar-refractivity contribution in [2.24, 2.45) is 0 Å². The Morgan fingerprint density at radius 3 is 2.41 bits per heavy atom. The van der Waals surface area contributed by atoms with Crippen LogP contribution in [-0.4, -0.2) is 43.7 Å². The van der Waals surface area contributed by atoms with Gasteiger partial charge >= 0.3 is 0 Å². The standard InChI is InChI=1S/C12H18F2N2O/c1-16(2)7-6-15-8-11(17)12-9(13)4-3-5-10(12)14/h3-5,11,15,17H,6-8H2,1-2H3. The van der Waals surface area contributed by atoms with Gasteiger partial charge in [0.2, 0.25) is 0 Å². The van der Waals surface area contributed by atoms with Gasteiger partial charge in [0.15, 0.2) is 0 Å². The number of nitrogens with one attached hydrogen (secondary N) is 1. The minimum Gasteiger partial charge on any atom is -0.387 e. The molecule has 0 radical (unpaired) electrons. The van der Waals surface area contributed by atoms with Crippen LogP contribution in [0.25, 0.3) is 0 Å². The fraction of sp³-hybridized carbons (Fsp3) is 0.500. The molecular weight excluding hydrogens is 226 g/mol. The highest BCUT2D eigenvalue weighted by atomic mass is 19.1. The fourth-order valence-electron chi connectivity index (χ4n) is 1.47. The molecule has 0 bridgehead atoms. The molecule has 0 aliphatic heterocycles. The Balaban J connectivity index is 2.49. The summed E-state index contributed by atoms with van der Waals surface area (Å²) in [5, 5.41) is 12.6. The molecule has 1 unspecified atom stereocenters. The number of hydrogen-bond acceptors (Lipinski definition) is 3. The van der Waals surface area contributed by atoms with Crippen LogP contribution in [0.5, 0.6) is 0 Å². The van der Waals surface area contributed by atoms with Gasteiger partial charge in [-0.05, 0) is 26.2 Å². The van der Waals surface area contributed by atoms with Crippen LogP contribution in [0.3, 0.4) is 0 Å². The zero-order chi connectivity index (χ0) is 12.8. The van der Waals surface area contributed by atoms with Gasteiger partial charge in [-0.25, -0.2) is 8.78 Å². The minimum absolute atomic E-state index is 0.131. The van der Waals surface area contributed by atoms with Gasteiger partial charge < -0.3 is 15.3 Å². The van der Waals surface area contributed by atoms with E-state index >= 15 is 0 Å². The highest BCUT2D eigenvalue weighted by molar-refractivity contribution is 5.22. The smallest absolute Gasteiger partial charge is 0.131 e. The van der Waals surface area contributed by atoms with Gasteiger partial charge in [0, 0.05) is 19.6 Å². The normalized spacial score (nSPS) is 13.1. The number of hydrogen-bond donors (Lipinski definition) is 2. The summed E-state index contributed by atoms with van der Waals surface area (Å²) in [6.45, 7) is 1.58. The number of nitrogens with zero attached hydrogens (tertiary/aromatic N) is 1. The third kappa shape index (κ3) is 4.38. The molecule has 0 saturated heterocycles. The molecule has 5 heteroatoms. The monoisotopic (exact) mass is 244 g/mol. The first-order valence-corrected chi connectivity index (χ1v) is 5.49. The molecule has 2 N–H and O–H groups in total. The predicted octanol–water partition coefficient (Wildman–Crippen LogP) is 1.15. The van der Waals surface area contributed by atoms with Crippen LogP contribution in [-0.2, 0) is 0 Å². The van der Waals surface area contributed by atoms with Crippen molar-refractivity contribution in [2.75, 3.05) is 33.7 Å².